The Labute approximate surface area is 140 Å². The molecular formula is C18H21N3O3. The van der Waals surface area contributed by atoms with Gasteiger partial charge in [0.1, 0.15) is 5.69 Å². The van der Waals surface area contributed by atoms with Crippen LogP contribution in [0.15, 0.2) is 30.3 Å². The molecule has 1 aromatic heterocycles. The summed E-state index contributed by atoms with van der Waals surface area (Å²) in [6.07, 6.45) is 1.47. The molecule has 0 saturated carbocycles. The van der Waals surface area contributed by atoms with Crippen LogP contribution in [0.2, 0.25) is 0 Å². The van der Waals surface area contributed by atoms with Gasteiger partial charge in [0, 0.05) is 18.0 Å². The Bertz CT molecular complexity index is 790. The summed E-state index contributed by atoms with van der Waals surface area (Å²) in [7, 11) is 1.54. The smallest absolute Gasteiger partial charge is 0.272 e. The summed E-state index contributed by atoms with van der Waals surface area (Å²) >= 11 is 0. The van der Waals surface area contributed by atoms with Crippen LogP contribution in [0.4, 0.5) is 0 Å². The minimum atomic E-state index is -0.358. The first-order chi connectivity index (χ1) is 11.5. The van der Waals surface area contributed by atoms with Crippen molar-refractivity contribution in [1.29, 1.82) is 0 Å². The van der Waals surface area contributed by atoms with E-state index < -0.39 is 0 Å². The fourth-order valence-corrected chi connectivity index (χ4v) is 3.20. The molecule has 3 rings (SSSR count). The molecule has 2 atom stereocenters. The van der Waals surface area contributed by atoms with E-state index in [-0.39, 0.29) is 23.8 Å². The van der Waals surface area contributed by atoms with E-state index in [4.69, 9.17) is 10.5 Å². The summed E-state index contributed by atoms with van der Waals surface area (Å²) in [6.45, 7) is 2.32. The molecule has 6 nitrogen and oxygen atoms in total. The molecule has 1 fully saturated rings. The molecule has 0 radical (unpaired) electrons. The fraction of sp³-hybridized carbons (Fsp3) is 0.389. The molecule has 1 aliphatic heterocycles. The van der Waals surface area contributed by atoms with Crippen LogP contribution in [0.3, 0.4) is 0 Å². The molecule has 126 valence electrons. The molecule has 2 amide bonds. The second-order valence-electron chi connectivity index (χ2n) is 6.22. The first-order valence-corrected chi connectivity index (χ1v) is 8.05. The second-order valence-corrected chi connectivity index (χ2v) is 6.22. The maximum atomic E-state index is 12.9. The topological polar surface area (TPSA) is 85.5 Å². The number of nitrogens with two attached hydrogens (primary N) is 1. The third-order valence-corrected chi connectivity index (χ3v) is 4.66. The van der Waals surface area contributed by atoms with Gasteiger partial charge in [0.05, 0.1) is 13.0 Å². The lowest BCUT2D eigenvalue weighted by Gasteiger charge is -2.36. The largest absolute Gasteiger partial charge is 0.481 e. The Hall–Kier alpha value is -2.63. The van der Waals surface area contributed by atoms with Crippen molar-refractivity contribution in [3.05, 3.63) is 36.0 Å². The van der Waals surface area contributed by atoms with Crippen molar-refractivity contribution < 1.29 is 14.3 Å². The number of piperidine rings is 1. The zero-order chi connectivity index (χ0) is 17.3. The number of hydrogen-bond donors (Lipinski definition) is 1. The molecule has 2 aromatic rings. The zero-order valence-electron chi connectivity index (χ0n) is 13.9. The fourth-order valence-electron chi connectivity index (χ4n) is 3.20. The van der Waals surface area contributed by atoms with E-state index >= 15 is 0 Å². The predicted molar refractivity (Wildman–Crippen MR) is 90.7 cm³/mol. The highest BCUT2D eigenvalue weighted by molar-refractivity contribution is 5.98. The highest BCUT2D eigenvalue weighted by Crippen LogP contribution is 2.27. The van der Waals surface area contributed by atoms with Crippen LogP contribution in [0.25, 0.3) is 10.8 Å². The van der Waals surface area contributed by atoms with Gasteiger partial charge >= 0.3 is 0 Å². The van der Waals surface area contributed by atoms with E-state index in [0.717, 1.165) is 23.6 Å². The number of aromatic nitrogens is 1. The summed E-state index contributed by atoms with van der Waals surface area (Å²) in [6, 6.07) is 9.44. The number of carbonyl (C=O) groups is 2. The lowest BCUT2D eigenvalue weighted by molar-refractivity contribution is -0.123. The molecule has 24 heavy (non-hydrogen) atoms. The number of carbonyl (C=O) groups excluding carboxylic acids is 2. The van der Waals surface area contributed by atoms with Crippen molar-refractivity contribution in [3.63, 3.8) is 0 Å². The number of nitrogens with zero attached hydrogens (tertiary/aromatic N) is 2. The zero-order valence-corrected chi connectivity index (χ0v) is 13.9. The van der Waals surface area contributed by atoms with Gasteiger partial charge in [0.25, 0.3) is 5.91 Å². The minimum absolute atomic E-state index is 0.0485. The second kappa shape index (κ2) is 6.47. The molecule has 0 unspecified atom stereocenters. The van der Waals surface area contributed by atoms with Gasteiger partial charge < -0.3 is 15.4 Å². The average molecular weight is 327 g/mol. The van der Waals surface area contributed by atoms with Crippen molar-refractivity contribution >= 4 is 22.6 Å². The van der Waals surface area contributed by atoms with E-state index in [9.17, 15) is 9.59 Å². The van der Waals surface area contributed by atoms with E-state index in [1.54, 1.807) is 11.0 Å². The molecule has 0 aliphatic carbocycles. The molecule has 0 bridgehead atoms. The van der Waals surface area contributed by atoms with Gasteiger partial charge in [-0.15, -0.1) is 0 Å². The maximum absolute atomic E-state index is 12.9. The number of pyridine rings is 1. The van der Waals surface area contributed by atoms with Crippen LogP contribution >= 0.6 is 0 Å². The van der Waals surface area contributed by atoms with Gasteiger partial charge in [0.15, 0.2) is 0 Å². The van der Waals surface area contributed by atoms with Crippen molar-refractivity contribution in [2.45, 2.75) is 25.8 Å². The van der Waals surface area contributed by atoms with Crippen LogP contribution in [0.1, 0.15) is 30.3 Å². The number of methoxy groups -OCH3 is 1. The number of primary amides is 1. The number of fused-ring (bicyclic) bond motifs is 1. The number of amides is 2. The van der Waals surface area contributed by atoms with Crippen LogP contribution in [-0.4, -0.2) is 41.4 Å². The third kappa shape index (κ3) is 2.91. The Morgan fingerprint density at radius 2 is 2.04 bits per heavy atom. The van der Waals surface area contributed by atoms with Crippen molar-refractivity contribution in [3.8, 4) is 5.88 Å². The lowest BCUT2D eigenvalue weighted by Crippen LogP contribution is -2.48. The van der Waals surface area contributed by atoms with Gasteiger partial charge in [-0.1, -0.05) is 18.2 Å². The van der Waals surface area contributed by atoms with Gasteiger partial charge in [-0.05, 0) is 37.3 Å². The molecule has 2 heterocycles. The van der Waals surface area contributed by atoms with Gasteiger partial charge in [0.2, 0.25) is 11.8 Å². The molecule has 1 aliphatic rings. The van der Waals surface area contributed by atoms with Crippen LogP contribution in [0.5, 0.6) is 5.88 Å². The monoisotopic (exact) mass is 327 g/mol. The number of likely N-dealkylation sites (tertiary alicyclic amines) is 1. The molecule has 0 spiro atoms. The van der Waals surface area contributed by atoms with Crippen molar-refractivity contribution in [2.24, 2.45) is 11.7 Å². The van der Waals surface area contributed by atoms with E-state index in [0.29, 0.717) is 18.1 Å². The Kier molecular flexibility index (Phi) is 4.38. The Morgan fingerprint density at radius 1 is 1.29 bits per heavy atom. The van der Waals surface area contributed by atoms with E-state index in [1.165, 1.54) is 7.11 Å². The van der Waals surface area contributed by atoms with Crippen LogP contribution in [-0.2, 0) is 4.79 Å². The highest BCUT2D eigenvalue weighted by Gasteiger charge is 2.32. The number of rotatable bonds is 3. The number of hydrogen-bond acceptors (Lipinski definition) is 4. The van der Waals surface area contributed by atoms with E-state index in [1.807, 2.05) is 31.2 Å². The molecule has 2 N–H and O–H groups in total. The SMILES string of the molecule is COc1nc(C(=O)N2C[C@@H](C(N)=O)CC[C@@H]2C)cc2ccccc12. The Morgan fingerprint density at radius 3 is 2.75 bits per heavy atom. The first kappa shape index (κ1) is 16.2. The summed E-state index contributed by atoms with van der Waals surface area (Å²) in [5.41, 5.74) is 5.74. The summed E-state index contributed by atoms with van der Waals surface area (Å²) in [5, 5.41) is 1.75. The number of ether oxygens (including phenoxy) is 1. The van der Waals surface area contributed by atoms with Gasteiger partial charge in [-0.2, -0.15) is 0 Å². The summed E-state index contributed by atoms with van der Waals surface area (Å²) in [5.74, 6) is -0.429. The van der Waals surface area contributed by atoms with Crippen LogP contribution < -0.4 is 10.5 Å². The Balaban J connectivity index is 1.97. The maximum Gasteiger partial charge on any atom is 0.272 e. The van der Waals surface area contributed by atoms with Gasteiger partial charge in [-0.25, -0.2) is 4.98 Å². The highest BCUT2D eigenvalue weighted by atomic mass is 16.5. The molecule has 1 aromatic carbocycles. The lowest BCUT2D eigenvalue weighted by atomic mass is 9.92. The molecule has 1 saturated heterocycles. The summed E-state index contributed by atoms with van der Waals surface area (Å²) < 4.78 is 5.34. The first-order valence-electron chi connectivity index (χ1n) is 8.05. The standard InChI is InChI=1S/C18H21N3O3/c1-11-7-8-13(16(19)22)10-21(11)18(23)15-9-12-5-3-4-6-14(12)17(20-15)24-2/h3-6,9,11,13H,7-8,10H2,1-2H3,(H2,19,22)/t11-,13-/m0/s1. The minimum Gasteiger partial charge on any atom is -0.481 e. The normalized spacial score (nSPS) is 20.8. The third-order valence-electron chi connectivity index (χ3n) is 4.66. The van der Waals surface area contributed by atoms with Crippen LogP contribution in [0, 0.1) is 5.92 Å². The molecule has 6 heteroatoms. The average Bonchev–Trinajstić information content (AvgIpc) is 2.60. The molecular weight excluding hydrogens is 306 g/mol. The number of benzene rings is 1. The quantitative estimate of drug-likeness (QED) is 0.934. The van der Waals surface area contributed by atoms with E-state index in [2.05, 4.69) is 4.98 Å². The predicted octanol–water partition coefficient (Wildman–Crippen LogP) is 1.97. The summed E-state index contributed by atoms with van der Waals surface area (Å²) in [4.78, 5) is 30.5. The van der Waals surface area contributed by atoms with Crippen molar-refractivity contribution in [1.82, 2.24) is 9.88 Å². The van der Waals surface area contributed by atoms with Crippen molar-refractivity contribution in [2.75, 3.05) is 13.7 Å². The van der Waals surface area contributed by atoms with Gasteiger partial charge in [-0.3, -0.25) is 9.59 Å².